The molecule has 0 aliphatic carbocycles. The van der Waals surface area contributed by atoms with Gasteiger partial charge in [0.15, 0.2) is 21.3 Å². The first-order chi connectivity index (χ1) is 14.0. The summed E-state index contributed by atoms with van der Waals surface area (Å²) in [5, 5.41) is 2.42. The highest BCUT2D eigenvalue weighted by molar-refractivity contribution is 7.92. The van der Waals surface area contributed by atoms with Crippen molar-refractivity contribution in [3.05, 3.63) is 54.1 Å². The lowest BCUT2D eigenvalue weighted by atomic mass is 10.1. The number of urea groups is 1. The van der Waals surface area contributed by atoms with Crippen LogP contribution in [0.5, 0.6) is 11.5 Å². The predicted octanol–water partition coefficient (Wildman–Crippen LogP) is 2.85. The second kappa shape index (κ2) is 9.17. The van der Waals surface area contributed by atoms with E-state index in [4.69, 9.17) is 9.47 Å². The number of sulfone groups is 1. The van der Waals surface area contributed by atoms with Gasteiger partial charge in [-0.15, -0.1) is 0 Å². The topological polar surface area (TPSA) is 84.9 Å². The summed E-state index contributed by atoms with van der Waals surface area (Å²) in [6, 6.07) is 13.8. The number of para-hydroxylation sites is 1. The lowest BCUT2D eigenvalue weighted by molar-refractivity contribution is 0.186. The Morgan fingerprint density at radius 1 is 1.03 bits per heavy atom. The third kappa shape index (κ3) is 4.64. The van der Waals surface area contributed by atoms with Gasteiger partial charge in [-0.25, -0.2) is 13.2 Å². The Labute approximate surface area is 171 Å². The molecule has 7 nitrogen and oxygen atoms in total. The maximum absolute atomic E-state index is 12.8. The van der Waals surface area contributed by atoms with E-state index in [2.05, 4.69) is 5.32 Å². The molecule has 0 aromatic heterocycles. The van der Waals surface area contributed by atoms with Crippen LogP contribution in [0, 0.1) is 0 Å². The van der Waals surface area contributed by atoms with Crippen molar-refractivity contribution in [3.8, 4) is 11.5 Å². The Bertz CT molecular complexity index is 939. The number of carbonyl (C=O) groups excluding carboxylic acids is 1. The van der Waals surface area contributed by atoms with Crippen molar-refractivity contribution in [3.63, 3.8) is 0 Å². The average molecular weight is 419 g/mol. The fraction of sp³-hybridized carbons (Fsp3) is 0.381. The fourth-order valence-electron chi connectivity index (χ4n) is 3.55. The number of likely N-dealkylation sites (tertiary alicyclic amines) is 1. The van der Waals surface area contributed by atoms with Crippen LogP contribution in [0.4, 0.5) is 4.79 Å². The third-order valence-corrected chi connectivity index (χ3v) is 7.43. The Morgan fingerprint density at radius 2 is 1.72 bits per heavy atom. The molecule has 2 aromatic rings. The summed E-state index contributed by atoms with van der Waals surface area (Å²) >= 11 is 0. The first-order valence-electron chi connectivity index (χ1n) is 9.49. The van der Waals surface area contributed by atoms with Crippen LogP contribution < -0.4 is 14.8 Å². The zero-order chi connectivity index (χ0) is 20.9. The Morgan fingerprint density at radius 3 is 2.34 bits per heavy atom. The van der Waals surface area contributed by atoms with E-state index in [9.17, 15) is 13.2 Å². The van der Waals surface area contributed by atoms with Crippen LogP contribution in [0.25, 0.3) is 0 Å². The van der Waals surface area contributed by atoms with Gasteiger partial charge in [0, 0.05) is 25.2 Å². The van der Waals surface area contributed by atoms with Crippen molar-refractivity contribution < 1.29 is 22.7 Å². The molecule has 0 bridgehead atoms. The largest absolute Gasteiger partial charge is 0.493 e. The molecule has 1 N–H and O–H groups in total. The standard InChI is InChI=1S/C21H26N2O5S/c1-27-19-10-6-7-16(20(19)28-2)15-22-21(24)23-13-11-18(12-14-23)29(25,26)17-8-4-3-5-9-17/h3-10,18H,11-15H2,1-2H3,(H,22,24). The van der Waals surface area contributed by atoms with Gasteiger partial charge in [0.1, 0.15) is 0 Å². The van der Waals surface area contributed by atoms with Crippen LogP contribution in [0.1, 0.15) is 18.4 Å². The smallest absolute Gasteiger partial charge is 0.317 e. The van der Waals surface area contributed by atoms with E-state index in [-0.39, 0.29) is 6.03 Å². The number of nitrogens with one attached hydrogen (secondary N) is 1. The maximum atomic E-state index is 12.8. The van der Waals surface area contributed by atoms with Gasteiger partial charge < -0.3 is 19.7 Å². The molecular formula is C21H26N2O5S. The van der Waals surface area contributed by atoms with Gasteiger partial charge in [-0.2, -0.15) is 0 Å². The number of rotatable bonds is 6. The number of hydrogen-bond acceptors (Lipinski definition) is 5. The van der Waals surface area contributed by atoms with Crippen LogP contribution in [-0.4, -0.2) is 51.9 Å². The van der Waals surface area contributed by atoms with Crippen molar-refractivity contribution in [2.45, 2.75) is 29.5 Å². The minimum Gasteiger partial charge on any atom is -0.493 e. The Hall–Kier alpha value is -2.74. The normalized spacial score (nSPS) is 15.0. The summed E-state index contributed by atoms with van der Waals surface area (Å²) in [5.41, 5.74) is 0.807. The first kappa shape index (κ1) is 21.0. The quantitative estimate of drug-likeness (QED) is 0.780. The van der Waals surface area contributed by atoms with Crippen molar-refractivity contribution in [2.24, 2.45) is 0 Å². The molecular weight excluding hydrogens is 392 g/mol. The van der Waals surface area contributed by atoms with Gasteiger partial charge in [0.25, 0.3) is 0 Å². The van der Waals surface area contributed by atoms with Gasteiger partial charge in [-0.05, 0) is 31.0 Å². The number of amides is 2. The average Bonchev–Trinajstić information content (AvgIpc) is 2.77. The van der Waals surface area contributed by atoms with Crippen LogP contribution >= 0.6 is 0 Å². The van der Waals surface area contributed by atoms with Crippen molar-refractivity contribution in [2.75, 3.05) is 27.3 Å². The molecule has 0 spiro atoms. The molecule has 2 aromatic carbocycles. The monoisotopic (exact) mass is 418 g/mol. The van der Waals surface area contributed by atoms with Gasteiger partial charge in [0.05, 0.1) is 24.4 Å². The van der Waals surface area contributed by atoms with E-state index in [0.29, 0.717) is 48.9 Å². The van der Waals surface area contributed by atoms with E-state index in [1.807, 2.05) is 12.1 Å². The Balaban J connectivity index is 1.57. The highest BCUT2D eigenvalue weighted by atomic mass is 32.2. The molecule has 8 heteroatoms. The molecule has 1 fully saturated rings. The molecule has 0 unspecified atom stereocenters. The second-order valence-corrected chi connectivity index (χ2v) is 9.08. The number of methoxy groups -OCH3 is 2. The summed E-state index contributed by atoms with van der Waals surface area (Å²) in [4.78, 5) is 14.5. The number of nitrogens with zero attached hydrogens (tertiary/aromatic N) is 1. The molecule has 0 saturated carbocycles. The third-order valence-electron chi connectivity index (χ3n) is 5.15. The van der Waals surface area contributed by atoms with Gasteiger partial charge in [0.2, 0.25) is 0 Å². The maximum Gasteiger partial charge on any atom is 0.317 e. The highest BCUT2D eigenvalue weighted by Gasteiger charge is 2.32. The number of benzene rings is 2. The highest BCUT2D eigenvalue weighted by Crippen LogP contribution is 2.30. The van der Waals surface area contributed by atoms with Crippen LogP contribution in [0.2, 0.25) is 0 Å². The van der Waals surface area contributed by atoms with E-state index in [0.717, 1.165) is 5.56 Å². The summed E-state index contributed by atoms with van der Waals surface area (Å²) in [6.45, 7) is 1.09. The number of piperidine rings is 1. The van der Waals surface area contributed by atoms with Gasteiger partial charge in [-0.1, -0.05) is 30.3 Å². The summed E-state index contributed by atoms with van der Waals surface area (Å²) in [6.07, 6.45) is 0.847. The summed E-state index contributed by atoms with van der Waals surface area (Å²) < 4.78 is 36.2. The number of ether oxygens (including phenoxy) is 2. The zero-order valence-electron chi connectivity index (χ0n) is 16.6. The van der Waals surface area contributed by atoms with Crippen LogP contribution in [-0.2, 0) is 16.4 Å². The SMILES string of the molecule is COc1cccc(CNC(=O)N2CCC(S(=O)(=O)c3ccccc3)CC2)c1OC. The van der Waals surface area contributed by atoms with Gasteiger partial charge in [-0.3, -0.25) is 0 Å². The minimum atomic E-state index is -3.37. The number of carbonyl (C=O) groups is 1. The fourth-order valence-corrected chi connectivity index (χ4v) is 5.30. The van der Waals surface area contributed by atoms with Crippen LogP contribution in [0.15, 0.2) is 53.4 Å². The zero-order valence-corrected chi connectivity index (χ0v) is 17.4. The lowest BCUT2D eigenvalue weighted by Crippen LogP contribution is -2.46. The van der Waals surface area contributed by atoms with E-state index in [1.165, 1.54) is 0 Å². The molecule has 3 rings (SSSR count). The van der Waals surface area contributed by atoms with Crippen molar-refractivity contribution in [1.29, 1.82) is 0 Å². The summed E-state index contributed by atoms with van der Waals surface area (Å²) in [5.74, 6) is 1.19. The molecule has 1 aliphatic heterocycles. The molecule has 29 heavy (non-hydrogen) atoms. The second-order valence-electron chi connectivity index (χ2n) is 6.86. The number of hydrogen-bond donors (Lipinski definition) is 1. The molecule has 1 heterocycles. The van der Waals surface area contributed by atoms with Gasteiger partial charge >= 0.3 is 6.03 Å². The first-order valence-corrected chi connectivity index (χ1v) is 11.0. The van der Waals surface area contributed by atoms with Crippen molar-refractivity contribution in [1.82, 2.24) is 10.2 Å². The minimum absolute atomic E-state index is 0.217. The molecule has 2 amide bonds. The van der Waals surface area contributed by atoms with E-state index in [1.54, 1.807) is 55.5 Å². The van der Waals surface area contributed by atoms with E-state index >= 15 is 0 Å². The molecule has 0 radical (unpaired) electrons. The molecule has 1 aliphatic rings. The predicted molar refractivity (Wildman–Crippen MR) is 110 cm³/mol. The van der Waals surface area contributed by atoms with E-state index < -0.39 is 15.1 Å². The lowest BCUT2D eigenvalue weighted by Gasteiger charge is -2.31. The Kier molecular flexibility index (Phi) is 6.64. The molecule has 0 atom stereocenters. The van der Waals surface area contributed by atoms with Crippen LogP contribution in [0.3, 0.4) is 0 Å². The summed E-state index contributed by atoms with van der Waals surface area (Å²) in [7, 11) is -0.252. The molecule has 156 valence electrons. The van der Waals surface area contributed by atoms with Crippen molar-refractivity contribution >= 4 is 15.9 Å². The molecule has 1 saturated heterocycles.